The van der Waals surface area contributed by atoms with Gasteiger partial charge in [-0.05, 0) is 46.2 Å². The molecule has 0 aliphatic heterocycles. The Bertz CT molecular complexity index is 1050. The molecule has 2 heteroatoms. The third kappa shape index (κ3) is 4.52. The van der Waals surface area contributed by atoms with Gasteiger partial charge >= 0.3 is 0 Å². The highest BCUT2D eigenvalue weighted by Gasteiger charge is 2.22. The quantitative estimate of drug-likeness (QED) is 0.368. The van der Waals surface area contributed by atoms with E-state index < -0.39 is 0 Å². The molecule has 0 radical (unpaired) electrons. The van der Waals surface area contributed by atoms with Crippen LogP contribution in [0, 0.1) is 0 Å². The smallest absolute Gasteiger partial charge is 0.0582 e. The van der Waals surface area contributed by atoms with Crippen LogP contribution >= 0.6 is 0 Å². The van der Waals surface area contributed by atoms with E-state index in [0.29, 0.717) is 0 Å². The van der Waals surface area contributed by atoms with Crippen LogP contribution < -0.4 is 10.6 Å². The molecule has 0 atom stereocenters. The van der Waals surface area contributed by atoms with Crippen LogP contribution in [-0.2, 0) is 12.8 Å². The Morgan fingerprint density at radius 1 is 0.562 bits per heavy atom. The SMILES string of the molecule is c1ccc(C(NCCNC2c3ccccc3CCc3ccccc32)c2ccccc2)cc1. The third-order valence-electron chi connectivity index (χ3n) is 6.48. The second-order valence-corrected chi connectivity index (χ2v) is 8.49. The highest BCUT2D eigenvalue weighted by Crippen LogP contribution is 2.32. The molecule has 32 heavy (non-hydrogen) atoms. The van der Waals surface area contributed by atoms with Crippen molar-refractivity contribution in [2.75, 3.05) is 13.1 Å². The van der Waals surface area contributed by atoms with Crippen LogP contribution in [0.15, 0.2) is 109 Å². The van der Waals surface area contributed by atoms with Gasteiger partial charge in [-0.2, -0.15) is 0 Å². The monoisotopic (exact) mass is 418 g/mol. The standard InChI is InChI=1S/C30H30N2/c1-3-13-25(14-4-1)29(26-15-5-2-6-16-26)31-21-22-32-30-27-17-9-7-11-23(27)19-20-24-12-8-10-18-28(24)30/h1-18,29-32H,19-22H2. The molecule has 0 bridgehead atoms. The number of fused-ring (bicyclic) bond motifs is 2. The zero-order valence-corrected chi connectivity index (χ0v) is 18.4. The molecular weight excluding hydrogens is 388 g/mol. The van der Waals surface area contributed by atoms with Crippen LogP contribution in [0.4, 0.5) is 0 Å². The number of benzene rings is 4. The molecule has 160 valence electrons. The maximum absolute atomic E-state index is 3.87. The van der Waals surface area contributed by atoms with Crippen LogP contribution in [0.5, 0.6) is 0 Å². The van der Waals surface area contributed by atoms with Crippen molar-refractivity contribution in [1.29, 1.82) is 0 Å². The van der Waals surface area contributed by atoms with E-state index in [0.717, 1.165) is 25.9 Å². The fourth-order valence-electron chi connectivity index (χ4n) is 4.90. The first-order valence-corrected chi connectivity index (χ1v) is 11.6. The van der Waals surface area contributed by atoms with E-state index >= 15 is 0 Å². The van der Waals surface area contributed by atoms with Gasteiger partial charge in [-0.15, -0.1) is 0 Å². The van der Waals surface area contributed by atoms with E-state index in [1.54, 1.807) is 0 Å². The van der Waals surface area contributed by atoms with Gasteiger partial charge < -0.3 is 10.6 Å². The molecule has 5 rings (SSSR count). The second-order valence-electron chi connectivity index (χ2n) is 8.49. The molecular formula is C30H30N2. The van der Waals surface area contributed by atoms with E-state index in [-0.39, 0.29) is 12.1 Å². The zero-order chi connectivity index (χ0) is 21.6. The average molecular weight is 419 g/mol. The average Bonchev–Trinajstić information content (AvgIpc) is 3.02. The van der Waals surface area contributed by atoms with Crippen molar-refractivity contribution in [3.05, 3.63) is 143 Å². The van der Waals surface area contributed by atoms with Crippen molar-refractivity contribution in [2.24, 2.45) is 0 Å². The molecule has 0 spiro atoms. The molecule has 0 fully saturated rings. The molecule has 1 aliphatic carbocycles. The van der Waals surface area contributed by atoms with Gasteiger partial charge in [-0.3, -0.25) is 0 Å². The molecule has 0 saturated heterocycles. The highest BCUT2D eigenvalue weighted by atomic mass is 15.0. The van der Waals surface area contributed by atoms with Crippen LogP contribution in [0.25, 0.3) is 0 Å². The minimum absolute atomic E-state index is 0.188. The Kier molecular flexibility index (Phi) is 6.43. The summed E-state index contributed by atoms with van der Waals surface area (Å²) in [6.07, 6.45) is 2.21. The lowest BCUT2D eigenvalue weighted by molar-refractivity contribution is 0.537. The molecule has 1 aliphatic rings. The van der Waals surface area contributed by atoms with Crippen LogP contribution in [-0.4, -0.2) is 13.1 Å². The number of hydrogen-bond acceptors (Lipinski definition) is 2. The number of aryl methyl sites for hydroxylation is 2. The second kappa shape index (κ2) is 9.95. The lowest BCUT2D eigenvalue weighted by Crippen LogP contribution is -2.33. The molecule has 0 aromatic heterocycles. The molecule has 4 aromatic carbocycles. The minimum Gasteiger partial charge on any atom is -0.305 e. The highest BCUT2D eigenvalue weighted by molar-refractivity contribution is 5.44. The summed E-state index contributed by atoms with van der Waals surface area (Å²) < 4.78 is 0. The molecule has 2 N–H and O–H groups in total. The summed E-state index contributed by atoms with van der Waals surface area (Å²) in [6, 6.07) is 39.7. The van der Waals surface area contributed by atoms with Crippen LogP contribution in [0.1, 0.15) is 45.5 Å². The largest absolute Gasteiger partial charge is 0.305 e. The predicted molar refractivity (Wildman–Crippen MR) is 133 cm³/mol. The van der Waals surface area contributed by atoms with Gasteiger partial charge in [0.15, 0.2) is 0 Å². The molecule has 0 saturated carbocycles. The Balaban J connectivity index is 1.33. The van der Waals surface area contributed by atoms with Crippen molar-refractivity contribution < 1.29 is 0 Å². The fourth-order valence-corrected chi connectivity index (χ4v) is 4.90. The Hall–Kier alpha value is -3.20. The Labute approximate surface area is 191 Å². The summed E-state index contributed by atoms with van der Waals surface area (Å²) in [5, 5.41) is 7.66. The van der Waals surface area contributed by atoms with Gasteiger partial charge in [-0.25, -0.2) is 0 Å². The summed E-state index contributed by atoms with van der Waals surface area (Å²) in [7, 11) is 0. The first-order valence-electron chi connectivity index (χ1n) is 11.6. The maximum atomic E-state index is 3.87. The molecule has 4 aromatic rings. The Morgan fingerprint density at radius 2 is 1.03 bits per heavy atom. The van der Waals surface area contributed by atoms with Gasteiger partial charge in [0, 0.05) is 13.1 Å². The van der Waals surface area contributed by atoms with Crippen molar-refractivity contribution in [3.8, 4) is 0 Å². The van der Waals surface area contributed by atoms with Gasteiger partial charge in [0.2, 0.25) is 0 Å². The van der Waals surface area contributed by atoms with Crippen molar-refractivity contribution >= 4 is 0 Å². The van der Waals surface area contributed by atoms with E-state index in [2.05, 4.69) is 120 Å². The summed E-state index contributed by atoms with van der Waals surface area (Å²) in [5.41, 5.74) is 8.34. The predicted octanol–water partition coefficient (Wildman–Crippen LogP) is 5.84. The normalized spacial score (nSPS) is 13.4. The summed E-state index contributed by atoms with van der Waals surface area (Å²) in [6.45, 7) is 1.78. The molecule has 2 nitrogen and oxygen atoms in total. The van der Waals surface area contributed by atoms with E-state index in [1.165, 1.54) is 33.4 Å². The topological polar surface area (TPSA) is 24.1 Å². The van der Waals surface area contributed by atoms with Crippen molar-refractivity contribution in [3.63, 3.8) is 0 Å². The summed E-state index contributed by atoms with van der Waals surface area (Å²) >= 11 is 0. The van der Waals surface area contributed by atoms with Gasteiger partial charge in [0.05, 0.1) is 12.1 Å². The van der Waals surface area contributed by atoms with Gasteiger partial charge in [0.1, 0.15) is 0 Å². The lowest BCUT2D eigenvalue weighted by atomic mass is 9.94. The number of rotatable bonds is 7. The molecule has 0 unspecified atom stereocenters. The van der Waals surface area contributed by atoms with Crippen molar-refractivity contribution in [2.45, 2.75) is 24.9 Å². The van der Waals surface area contributed by atoms with E-state index in [1.807, 2.05) is 0 Å². The summed E-state index contributed by atoms with van der Waals surface area (Å²) in [5.74, 6) is 0. The van der Waals surface area contributed by atoms with Crippen LogP contribution in [0.2, 0.25) is 0 Å². The van der Waals surface area contributed by atoms with Gasteiger partial charge in [0.25, 0.3) is 0 Å². The summed E-state index contributed by atoms with van der Waals surface area (Å²) in [4.78, 5) is 0. The number of hydrogen-bond donors (Lipinski definition) is 2. The zero-order valence-electron chi connectivity index (χ0n) is 18.4. The molecule has 0 amide bonds. The first kappa shape index (κ1) is 20.7. The Morgan fingerprint density at radius 3 is 1.56 bits per heavy atom. The maximum Gasteiger partial charge on any atom is 0.0582 e. The fraction of sp³-hybridized carbons (Fsp3) is 0.200. The lowest BCUT2D eigenvalue weighted by Gasteiger charge is -2.24. The molecule has 0 heterocycles. The van der Waals surface area contributed by atoms with E-state index in [4.69, 9.17) is 0 Å². The minimum atomic E-state index is 0.188. The third-order valence-corrected chi connectivity index (χ3v) is 6.48. The first-order chi connectivity index (χ1) is 15.9. The van der Waals surface area contributed by atoms with Crippen molar-refractivity contribution in [1.82, 2.24) is 10.6 Å². The van der Waals surface area contributed by atoms with E-state index in [9.17, 15) is 0 Å². The number of nitrogens with one attached hydrogen (secondary N) is 2. The van der Waals surface area contributed by atoms with Crippen LogP contribution in [0.3, 0.4) is 0 Å². The van der Waals surface area contributed by atoms with Gasteiger partial charge in [-0.1, -0.05) is 109 Å².